The third-order valence-corrected chi connectivity index (χ3v) is 4.92. The molecule has 0 aliphatic carbocycles. The number of halogens is 4. The lowest BCUT2D eigenvalue weighted by molar-refractivity contribution is -0.144. The van der Waals surface area contributed by atoms with Crippen molar-refractivity contribution < 1.29 is 18.0 Å². The molecule has 0 saturated heterocycles. The van der Waals surface area contributed by atoms with E-state index in [2.05, 4.69) is 31.3 Å². The van der Waals surface area contributed by atoms with Crippen molar-refractivity contribution >= 4 is 48.5 Å². The van der Waals surface area contributed by atoms with Crippen LogP contribution in [0.5, 0.6) is 0 Å². The summed E-state index contributed by atoms with van der Waals surface area (Å²) >= 11 is 4.06. The molecular formula is C14H10BrF3N4OS. The van der Waals surface area contributed by atoms with Crippen LogP contribution in [-0.4, -0.2) is 20.7 Å². The lowest BCUT2D eigenvalue weighted by Crippen LogP contribution is -2.13. The normalized spacial score (nSPS) is 11.9. The van der Waals surface area contributed by atoms with Crippen LogP contribution in [-0.2, 0) is 13.2 Å². The minimum Gasteiger partial charge on any atom is -0.296 e. The summed E-state index contributed by atoms with van der Waals surface area (Å²) in [5.74, 6) is -0.760. The number of amides is 1. The summed E-state index contributed by atoms with van der Waals surface area (Å²) < 4.78 is 40.0. The van der Waals surface area contributed by atoms with Gasteiger partial charge in [-0.05, 0) is 40.5 Å². The van der Waals surface area contributed by atoms with Gasteiger partial charge in [0.25, 0.3) is 5.91 Å². The Bertz CT molecular complexity index is 948. The lowest BCUT2D eigenvalue weighted by atomic mass is 10.2. The number of thiazole rings is 1. The first kappa shape index (κ1) is 16.9. The minimum atomic E-state index is -4.62. The van der Waals surface area contributed by atoms with Gasteiger partial charge in [0, 0.05) is 7.05 Å². The smallest absolute Gasteiger partial charge is 0.296 e. The Kier molecular flexibility index (Phi) is 4.12. The highest BCUT2D eigenvalue weighted by Gasteiger charge is 2.39. The summed E-state index contributed by atoms with van der Waals surface area (Å²) in [6.07, 6.45) is -4.62. The Morgan fingerprint density at radius 1 is 1.38 bits per heavy atom. The number of benzene rings is 1. The Balaban J connectivity index is 1.92. The van der Waals surface area contributed by atoms with Gasteiger partial charge in [0.05, 0.1) is 14.7 Å². The fourth-order valence-electron chi connectivity index (χ4n) is 2.19. The van der Waals surface area contributed by atoms with E-state index in [9.17, 15) is 18.0 Å². The number of fused-ring (bicyclic) bond motifs is 1. The summed E-state index contributed by atoms with van der Waals surface area (Å²) in [5.41, 5.74) is 0.385. The second-order valence-electron chi connectivity index (χ2n) is 5.08. The number of nitrogens with one attached hydrogen (secondary N) is 1. The monoisotopic (exact) mass is 418 g/mol. The summed E-state index contributed by atoms with van der Waals surface area (Å²) in [7, 11) is 1.13. The molecule has 5 nitrogen and oxygen atoms in total. The molecule has 1 N–H and O–H groups in total. The Morgan fingerprint density at radius 3 is 2.71 bits per heavy atom. The van der Waals surface area contributed by atoms with Gasteiger partial charge in [-0.25, -0.2) is 4.98 Å². The van der Waals surface area contributed by atoms with Gasteiger partial charge in [-0.3, -0.25) is 14.8 Å². The molecule has 24 heavy (non-hydrogen) atoms. The van der Waals surface area contributed by atoms with E-state index in [4.69, 9.17) is 0 Å². The predicted molar refractivity (Wildman–Crippen MR) is 88.2 cm³/mol. The molecule has 0 fully saturated rings. The van der Waals surface area contributed by atoms with Crippen molar-refractivity contribution in [2.75, 3.05) is 5.32 Å². The van der Waals surface area contributed by atoms with Gasteiger partial charge in [-0.1, -0.05) is 17.4 Å². The van der Waals surface area contributed by atoms with E-state index in [0.717, 1.165) is 17.3 Å². The van der Waals surface area contributed by atoms with Crippen molar-refractivity contribution in [2.45, 2.75) is 13.1 Å². The van der Waals surface area contributed by atoms with Crippen LogP contribution in [0.2, 0.25) is 0 Å². The molecule has 10 heteroatoms. The fourth-order valence-corrected chi connectivity index (χ4v) is 3.89. The second-order valence-corrected chi connectivity index (χ2v) is 6.90. The van der Waals surface area contributed by atoms with Crippen molar-refractivity contribution in [3.05, 3.63) is 39.6 Å². The summed E-state index contributed by atoms with van der Waals surface area (Å²) in [6, 6.07) is 5.62. The van der Waals surface area contributed by atoms with E-state index in [-0.39, 0.29) is 5.69 Å². The van der Waals surface area contributed by atoms with Crippen molar-refractivity contribution in [3.8, 4) is 0 Å². The van der Waals surface area contributed by atoms with Gasteiger partial charge in [0.1, 0.15) is 0 Å². The number of hydrogen-bond donors (Lipinski definition) is 1. The van der Waals surface area contributed by atoms with E-state index in [1.165, 1.54) is 11.3 Å². The fraction of sp³-hybridized carbons (Fsp3) is 0.214. The molecule has 2 aromatic heterocycles. The standard InChI is InChI=1S/C14H10BrF3N4OS/c1-6-3-4-7-8(5-6)24-13(19-7)20-12(23)10-9(15)11(14(16,17)18)22(2)21-10/h3-5H,1-2H3,(H,19,20,23). The van der Waals surface area contributed by atoms with Crippen molar-refractivity contribution in [2.24, 2.45) is 7.05 Å². The molecule has 0 unspecified atom stereocenters. The number of carbonyl (C=O) groups excluding carboxylic acids is 1. The first-order valence-electron chi connectivity index (χ1n) is 6.65. The Morgan fingerprint density at radius 2 is 2.08 bits per heavy atom. The SMILES string of the molecule is Cc1ccc2nc(NC(=O)c3nn(C)c(C(F)(F)F)c3Br)sc2c1. The van der Waals surface area contributed by atoms with E-state index in [0.29, 0.717) is 15.3 Å². The number of carbonyl (C=O) groups is 1. The number of alkyl halides is 3. The molecule has 0 spiro atoms. The predicted octanol–water partition coefficient (Wildman–Crippen LogP) is 4.37. The molecular weight excluding hydrogens is 409 g/mol. The van der Waals surface area contributed by atoms with E-state index < -0.39 is 22.3 Å². The van der Waals surface area contributed by atoms with Gasteiger partial charge < -0.3 is 0 Å². The van der Waals surface area contributed by atoms with Gasteiger partial charge >= 0.3 is 6.18 Å². The van der Waals surface area contributed by atoms with Crippen molar-refractivity contribution in [3.63, 3.8) is 0 Å². The molecule has 0 atom stereocenters. The summed E-state index contributed by atoms with van der Waals surface area (Å²) in [4.78, 5) is 16.5. The number of hydrogen-bond acceptors (Lipinski definition) is 4. The highest BCUT2D eigenvalue weighted by Crippen LogP contribution is 2.36. The quantitative estimate of drug-likeness (QED) is 0.671. The maximum atomic E-state index is 13.0. The number of anilines is 1. The van der Waals surface area contributed by atoms with Crippen molar-refractivity contribution in [1.29, 1.82) is 0 Å². The maximum Gasteiger partial charge on any atom is 0.434 e. The number of aromatic nitrogens is 3. The van der Waals surface area contributed by atoms with Crippen LogP contribution >= 0.6 is 27.3 Å². The van der Waals surface area contributed by atoms with E-state index >= 15 is 0 Å². The second kappa shape index (κ2) is 5.85. The Labute approximate surface area is 146 Å². The third-order valence-electron chi connectivity index (χ3n) is 3.24. The summed E-state index contributed by atoms with van der Waals surface area (Å²) in [6.45, 7) is 1.93. The zero-order valence-corrected chi connectivity index (χ0v) is 14.8. The first-order chi connectivity index (χ1) is 11.2. The Hall–Kier alpha value is -1.94. The molecule has 1 aromatic carbocycles. The number of nitrogens with zero attached hydrogens (tertiary/aromatic N) is 3. The topological polar surface area (TPSA) is 59.8 Å². The van der Waals surface area contributed by atoms with E-state index in [1.54, 1.807) is 0 Å². The minimum absolute atomic E-state index is 0.298. The lowest BCUT2D eigenvalue weighted by Gasteiger charge is -2.06. The molecule has 3 aromatic rings. The van der Waals surface area contributed by atoms with Crippen LogP contribution in [0, 0.1) is 6.92 Å². The zero-order chi connectivity index (χ0) is 17.6. The van der Waals surface area contributed by atoms with Crippen LogP contribution < -0.4 is 5.32 Å². The van der Waals surface area contributed by atoms with Gasteiger partial charge in [-0.15, -0.1) is 0 Å². The van der Waals surface area contributed by atoms with Crippen LogP contribution in [0.1, 0.15) is 21.7 Å². The van der Waals surface area contributed by atoms with E-state index in [1.807, 2.05) is 25.1 Å². The first-order valence-corrected chi connectivity index (χ1v) is 8.26. The number of rotatable bonds is 2. The van der Waals surface area contributed by atoms with Crippen LogP contribution in [0.15, 0.2) is 22.7 Å². The third kappa shape index (κ3) is 3.03. The van der Waals surface area contributed by atoms with Crippen LogP contribution in [0.4, 0.5) is 18.3 Å². The molecule has 0 aliphatic heterocycles. The molecule has 0 saturated carbocycles. The van der Waals surface area contributed by atoms with Crippen molar-refractivity contribution in [1.82, 2.24) is 14.8 Å². The molecule has 3 rings (SSSR count). The van der Waals surface area contributed by atoms with Crippen LogP contribution in [0.25, 0.3) is 10.2 Å². The molecule has 2 heterocycles. The number of aryl methyl sites for hydroxylation is 2. The van der Waals surface area contributed by atoms with Gasteiger partial charge in [0.2, 0.25) is 0 Å². The highest BCUT2D eigenvalue weighted by molar-refractivity contribution is 9.10. The molecule has 0 radical (unpaired) electrons. The zero-order valence-electron chi connectivity index (χ0n) is 12.4. The largest absolute Gasteiger partial charge is 0.434 e. The van der Waals surface area contributed by atoms with Gasteiger partial charge in [-0.2, -0.15) is 18.3 Å². The molecule has 1 amide bonds. The average Bonchev–Trinajstić information content (AvgIpc) is 2.97. The average molecular weight is 419 g/mol. The molecule has 0 aliphatic rings. The van der Waals surface area contributed by atoms with Crippen LogP contribution in [0.3, 0.4) is 0 Å². The maximum absolute atomic E-state index is 13.0. The highest BCUT2D eigenvalue weighted by atomic mass is 79.9. The van der Waals surface area contributed by atoms with Gasteiger partial charge in [0.15, 0.2) is 16.5 Å². The summed E-state index contributed by atoms with van der Waals surface area (Å²) in [5, 5.41) is 6.45. The molecule has 126 valence electrons. The molecule has 0 bridgehead atoms.